The lowest BCUT2D eigenvalue weighted by molar-refractivity contribution is 0.0933. The molecule has 3 nitrogen and oxygen atoms in total. The number of hydrogen-bond acceptors (Lipinski definition) is 3. The fourth-order valence-corrected chi connectivity index (χ4v) is 5.10. The Hall–Kier alpha value is -0.120. The fraction of sp³-hybridized carbons (Fsp3) is 1.00. The average molecular weight is 293 g/mol. The molecule has 2 aliphatic heterocycles. The zero-order valence-electron chi connectivity index (χ0n) is 14.0. The van der Waals surface area contributed by atoms with Gasteiger partial charge in [0, 0.05) is 31.2 Å². The van der Waals surface area contributed by atoms with Crippen molar-refractivity contribution in [3.8, 4) is 0 Å². The van der Waals surface area contributed by atoms with Crippen molar-refractivity contribution in [2.24, 2.45) is 11.7 Å². The lowest BCUT2D eigenvalue weighted by atomic mass is 9.87. The van der Waals surface area contributed by atoms with E-state index in [2.05, 4.69) is 16.7 Å². The molecule has 2 heterocycles. The molecule has 0 amide bonds. The van der Waals surface area contributed by atoms with Crippen LogP contribution in [-0.2, 0) is 0 Å². The third-order valence-corrected chi connectivity index (χ3v) is 6.72. The van der Waals surface area contributed by atoms with Crippen LogP contribution in [0.15, 0.2) is 0 Å². The molecule has 2 saturated heterocycles. The second-order valence-corrected chi connectivity index (χ2v) is 7.77. The number of hydrogen-bond donors (Lipinski definition) is 1. The zero-order chi connectivity index (χ0) is 14.7. The van der Waals surface area contributed by atoms with Gasteiger partial charge in [-0.1, -0.05) is 26.2 Å². The molecular formula is C18H35N3. The summed E-state index contributed by atoms with van der Waals surface area (Å²) in [5, 5.41) is 0. The van der Waals surface area contributed by atoms with Crippen molar-refractivity contribution >= 4 is 0 Å². The molecule has 1 aliphatic carbocycles. The standard InChI is InChI=1S/C18H35N3/c1-2-16-6-5-9-18(15-19,10-7-16)21-13-8-17(14-21)20-11-3-4-12-20/h16-17H,2-15,19H2,1H3. The minimum Gasteiger partial charge on any atom is -0.329 e. The first-order valence-electron chi connectivity index (χ1n) is 9.46. The van der Waals surface area contributed by atoms with Crippen molar-refractivity contribution in [2.75, 3.05) is 32.7 Å². The summed E-state index contributed by atoms with van der Waals surface area (Å²) in [4.78, 5) is 5.55. The summed E-state index contributed by atoms with van der Waals surface area (Å²) in [5.41, 5.74) is 6.65. The molecule has 3 atom stereocenters. The van der Waals surface area contributed by atoms with E-state index < -0.39 is 0 Å². The van der Waals surface area contributed by atoms with Crippen LogP contribution in [-0.4, -0.2) is 54.1 Å². The third-order valence-electron chi connectivity index (χ3n) is 6.72. The number of nitrogens with two attached hydrogens (primary N) is 1. The summed E-state index contributed by atoms with van der Waals surface area (Å²) >= 11 is 0. The first-order valence-corrected chi connectivity index (χ1v) is 9.46. The third kappa shape index (κ3) is 3.30. The zero-order valence-corrected chi connectivity index (χ0v) is 14.0. The molecule has 0 aromatic rings. The van der Waals surface area contributed by atoms with Gasteiger partial charge in [-0.25, -0.2) is 0 Å². The lowest BCUT2D eigenvalue weighted by Gasteiger charge is -2.41. The normalized spacial score (nSPS) is 39.7. The van der Waals surface area contributed by atoms with Gasteiger partial charge in [0.15, 0.2) is 0 Å². The Labute approximate surface area is 131 Å². The highest BCUT2D eigenvalue weighted by atomic mass is 15.3. The van der Waals surface area contributed by atoms with Crippen LogP contribution in [0.5, 0.6) is 0 Å². The quantitative estimate of drug-likeness (QED) is 0.809. The van der Waals surface area contributed by atoms with Gasteiger partial charge in [0.1, 0.15) is 0 Å². The first kappa shape index (κ1) is 15.8. The largest absolute Gasteiger partial charge is 0.329 e. The van der Waals surface area contributed by atoms with E-state index in [0.717, 1.165) is 18.5 Å². The van der Waals surface area contributed by atoms with Crippen molar-refractivity contribution in [1.29, 1.82) is 0 Å². The number of likely N-dealkylation sites (tertiary alicyclic amines) is 2. The smallest absolute Gasteiger partial charge is 0.0332 e. The van der Waals surface area contributed by atoms with Crippen LogP contribution in [0.25, 0.3) is 0 Å². The van der Waals surface area contributed by atoms with Crippen molar-refractivity contribution < 1.29 is 0 Å². The second kappa shape index (κ2) is 6.97. The Bertz CT molecular complexity index is 326. The lowest BCUT2D eigenvalue weighted by Crippen LogP contribution is -2.53. The van der Waals surface area contributed by atoms with Gasteiger partial charge >= 0.3 is 0 Å². The summed E-state index contributed by atoms with van der Waals surface area (Å²) in [5.74, 6) is 0.954. The summed E-state index contributed by atoms with van der Waals surface area (Å²) in [6.07, 6.45) is 12.5. The molecule has 3 unspecified atom stereocenters. The summed E-state index contributed by atoms with van der Waals surface area (Å²) < 4.78 is 0. The van der Waals surface area contributed by atoms with E-state index in [-0.39, 0.29) is 0 Å². The van der Waals surface area contributed by atoms with Gasteiger partial charge in [-0.15, -0.1) is 0 Å². The van der Waals surface area contributed by atoms with Gasteiger partial charge < -0.3 is 5.73 Å². The maximum absolute atomic E-state index is 6.32. The fourth-order valence-electron chi connectivity index (χ4n) is 5.10. The highest BCUT2D eigenvalue weighted by molar-refractivity contribution is 4.99. The molecule has 3 heteroatoms. The summed E-state index contributed by atoms with van der Waals surface area (Å²) in [7, 11) is 0. The van der Waals surface area contributed by atoms with Gasteiger partial charge in [0.2, 0.25) is 0 Å². The van der Waals surface area contributed by atoms with Crippen LogP contribution in [0, 0.1) is 5.92 Å². The molecule has 3 aliphatic rings. The van der Waals surface area contributed by atoms with E-state index in [9.17, 15) is 0 Å². The molecule has 0 radical (unpaired) electrons. The van der Waals surface area contributed by atoms with Crippen molar-refractivity contribution in [2.45, 2.75) is 76.3 Å². The van der Waals surface area contributed by atoms with Gasteiger partial charge in [0.05, 0.1) is 0 Å². The van der Waals surface area contributed by atoms with Crippen molar-refractivity contribution in [3.05, 3.63) is 0 Å². The molecule has 1 saturated carbocycles. The Morgan fingerprint density at radius 3 is 2.52 bits per heavy atom. The van der Waals surface area contributed by atoms with Gasteiger partial charge in [0.25, 0.3) is 0 Å². The van der Waals surface area contributed by atoms with Crippen LogP contribution in [0.3, 0.4) is 0 Å². The van der Waals surface area contributed by atoms with E-state index in [0.29, 0.717) is 5.54 Å². The molecule has 0 aromatic carbocycles. The average Bonchev–Trinajstić information content (AvgIpc) is 3.15. The van der Waals surface area contributed by atoms with E-state index in [1.807, 2.05) is 0 Å². The van der Waals surface area contributed by atoms with E-state index in [4.69, 9.17) is 5.73 Å². The Kier molecular flexibility index (Phi) is 5.23. The van der Waals surface area contributed by atoms with Crippen molar-refractivity contribution in [3.63, 3.8) is 0 Å². The van der Waals surface area contributed by atoms with Crippen LogP contribution < -0.4 is 5.73 Å². The maximum atomic E-state index is 6.32. The highest BCUT2D eigenvalue weighted by Gasteiger charge is 2.42. The second-order valence-electron chi connectivity index (χ2n) is 7.77. The Morgan fingerprint density at radius 1 is 1.00 bits per heavy atom. The molecular weight excluding hydrogens is 258 g/mol. The minimum absolute atomic E-state index is 0.332. The first-order chi connectivity index (χ1) is 10.3. The molecule has 0 aromatic heterocycles. The molecule has 21 heavy (non-hydrogen) atoms. The molecule has 3 fully saturated rings. The molecule has 0 bridgehead atoms. The molecule has 2 N–H and O–H groups in total. The van der Waals surface area contributed by atoms with Crippen LogP contribution >= 0.6 is 0 Å². The highest BCUT2D eigenvalue weighted by Crippen LogP contribution is 2.38. The van der Waals surface area contributed by atoms with Crippen LogP contribution in [0.4, 0.5) is 0 Å². The predicted molar refractivity (Wildman–Crippen MR) is 89.4 cm³/mol. The van der Waals surface area contributed by atoms with E-state index in [1.165, 1.54) is 84.0 Å². The number of rotatable bonds is 4. The van der Waals surface area contributed by atoms with Gasteiger partial charge in [-0.2, -0.15) is 0 Å². The topological polar surface area (TPSA) is 32.5 Å². The van der Waals surface area contributed by atoms with E-state index in [1.54, 1.807) is 0 Å². The van der Waals surface area contributed by atoms with Crippen LogP contribution in [0.2, 0.25) is 0 Å². The van der Waals surface area contributed by atoms with Gasteiger partial charge in [-0.3, -0.25) is 9.80 Å². The van der Waals surface area contributed by atoms with E-state index >= 15 is 0 Å². The monoisotopic (exact) mass is 293 g/mol. The Balaban J connectivity index is 1.63. The molecule has 122 valence electrons. The predicted octanol–water partition coefficient (Wildman–Crippen LogP) is 2.84. The van der Waals surface area contributed by atoms with Crippen molar-refractivity contribution in [1.82, 2.24) is 9.80 Å². The van der Waals surface area contributed by atoms with Crippen LogP contribution in [0.1, 0.15) is 64.7 Å². The summed E-state index contributed by atoms with van der Waals surface area (Å²) in [6.45, 7) is 8.48. The SMILES string of the molecule is CCC1CCCC(CN)(N2CCC(N3CCCC3)C2)CC1. The Morgan fingerprint density at radius 2 is 1.81 bits per heavy atom. The summed E-state index contributed by atoms with van der Waals surface area (Å²) in [6, 6.07) is 0.821. The maximum Gasteiger partial charge on any atom is 0.0332 e. The minimum atomic E-state index is 0.332. The molecule has 3 rings (SSSR count). The van der Waals surface area contributed by atoms with Gasteiger partial charge in [-0.05, 0) is 57.5 Å². The number of nitrogens with zero attached hydrogens (tertiary/aromatic N) is 2. The molecule has 0 spiro atoms.